The Hall–Kier alpha value is -1.72. The zero-order valence-electron chi connectivity index (χ0n) is 12.8. The summed E-state index contributed by atoms with van der Waals surface area (Å²) in [6.07, 6.45) is 3.62. The summed E-state index contributed by atoms with van der Waals surface area (Å²) in [4.78, 5) is 19.6. The molecule has 1 amide bonds. The average Bonchev–Trinajstić information content (AvgIpc) is 2.92. The second-order valence-corrected chi connectivity index (χ2v) is 6.88. The quantitative estimate of drug-likeness (QED) is 0.927. The highest BCUT2D eigenvalue weighted by molar-refractivity contribution is 7.10. The Labute approximate surface area is 134 Å². The van der Waals surface area contributed by atoms with Crippen molar-refractivity contribution < 1.29 is 9.90 Å². The van der Waals surface area contributed by atoms with Crippen molar-refractivity contribution in [3.63, 3.8) is 0 Å². The molecule has 0 bridgehead atoms. The van der Waals surface area contributed by atoms with Gasteiger partial charge in [0.15, 0.2) is 0 Å². The number of carbonyl (C=O) groups is 1. The lowest BCUT2D eigenvalue weighted by Crippen LogP contribution is -2.45. The summed E-state index contributed by atoms with van der Waals surface area (Å²) in [5, 5.41) is 12.5. The Morgan fingerprint density at radius 3 is 2.86 bits per heavy atom. The Morgan fingerprint density at radius 2 is 2.23 bits per heavy atom. The van der Waals surface area contributed by atoms with Crippen molar-refractivity contribution in [3.05, 3.63) is 51.5 Å². The number of amides is 1. The molecule has 1 aliphatic rings. The molecule has 3 heterocycles. The van der Waals surface area contributed by atoms with Crippen molar-refractivity contribution in [1.82, 2.24) is 9.88 Å². The highest BCUT2D eigenvalue weighted by Crippen LogP contribution is 2.34. The molecule has 4 nitrogen and oxygen atoms in total. The molecular weight excluding hydrogens is 296 g/mol. The molecule has 1 aliphatic heterocycles. The standard InChI is InChI=1S/C17H20N2O2S/c1-11-7-13(9-18-8-11)17(21)19-5-3-14(15(20)10-19)16-12(2)4-6-22-16/h4,6-9,14-15,20H,3,5,10H2,1-2H3/t14-,15-/m1/s1. The van der Waals surface area contributed by atoms with Crippen LogP contribution in [0.15, 0.2) is 29.9 Å². The summed E-state index contributed by atoms with van der Waals surface area (Å²) in [5.41, 5.74) is 2.80. The Morgan fingerprint density at radius 1 is 1.41 bits per heavy atom. The number of aliphatic hydroxyl groups is 1. The van der Waals surface area contributed by atoms with Gasteiger partial charge in [-0.05, 0) is 48.9 Å². The smallest absolute Gasteiger partial charge is 0.255 e. The minimum absolute atomic E-state index is 0.0448. The molecule has 116 valence electrons. The highest BCUT2D eigenvalue weighted by Gasteiger charge is 2.32. The number of thiophene rings is 1. The van der Waals surface area contributed by atoms with Crippen LogP contribution in [0.3, 0.4) is 0 Å². The minimum atomic E-state index is -0.507. The largest absolute Gasteiger partial charge is 0.391 e. The van der Waals surface area contributed by atoms with E-state index >= 15 is 0 Å². The molecule has 22 heavy (non-hydrogen) atoms. The molecule has 0 spiro atoms. The number of carbonyl (C=O) groups excluding carboxylic acids is 1. The van der Waals surface area contributed by atoms with Gasteiger partial charge in [0.2, 0.25) is 0 Å². The fourth-order valence-electron chi connectivity index (χ4n) is 3.04. The molecular formula is C17H20N2O2S. The van der Waals surface area contributed by atoms with Gasteiger partial charge < -0.3 is 10.0 Å². The van der Waals surface area contributed by atoms with E-state index < -0.39 is 6.10 Å². The number of piperidine rings is 1. The van der Waals surface area contributed by atoms with Gasteiger partial charge in [0.05, 0.1) is 11.7 Å². The summed E-state index contributed by atoms with van der Waals surface area (Å²) in [6, 6.07) is 3.93. The van der Waals surface area contributed by atoms with Gasteiger partial charge in [-0.3, -0.25) is 9.78 Å². The molecule has 2 aromatic rings. The van der Waals surface area contributed by atoms with Crippen LogP contribution in [0.5, 0.6) is 0 Å². The first kappa shape index (κ1) is 15.2. The molecule has 0 unspecified atom stereocenters. The Kier molecular flexibility index (Phi) is 4.27. The summed E-state index contributed by atoms with van der Waals surface area (Å²) >= 11 is 1.69. The lowest BCUT2D eigenvalue weighted by atomic mass is 9.90. The maximum absolute atomic E-state index is 12.5. The van der Waals surface area contributed by atoms with Crippen molar-refractivity contribution in [2.24, 2.45) is 0 Å². The second-order valence-electron chi connectivity index (χ2n) is 5.93. The van der Waals surface area contributed by atoms with E-state index in [4.69, 9.17) is 0 Å². The fraction of sp³-hybridized carbons (Fsp3) is 0.412. The second kappa shape index (κ2) is 6.18. The highest BCUT2D eigenvalue weighted by atomic mass is 32.1. The normalized spacial score (nSPS) is 21.9. The van der Waals surface area contributed by atoms with E-state index in [1.807, 2.05) is 13.0 Å². The van der Waals surface area contributed by atoms with Crippen LogP contribution in [0, 0.1) is 13.8 Å². The molecule has 2 atom stereocenters. The number of hydrogen-bond donors (Lipinski definition) is 1. The Bertz CT molecular complexity index is 683. The van der Waals surface area contributed by atoms with Crippen LogP contribution >= 0.6 is 11.3 Å². The van der Waals surface area contributed by atoms with Gasteiger partial charge in [-0.2, -0.15) is 0 Å². The van der Waals surface area contributed by atoms with Crippen LogP contribution in [-0.4, -0.2) is 40.1 Å². The predicted octanol–water partition coefficient (Wildman–Crippen LogP) is 2.75. The van der Waals surface area contributed by atoms with Crippen LogP contribution < -0.4 is 0 Å². The lowest BCUT2D eigenvalue weighted by molar-refractivity contribution is 0.0386. The number of β-amino-alcohol motifs (C(OH)–C–C–N with tert-alkyl or cyclic N) is 1. The predicted molar refractivity (Wildman–Crippen MR) is 87.3 cm³/mol. The van der Waals surface area contributed by atoms with Crippen LogP contribution in [0.2, 0.25) is 0 Å². The van der Waals surface area contributed by atoms with Gasteiger partial charge in [0.1, 0.15) is 0 Å². The lowest BCUT2D eigenvalue weighted by Gasteiger charge is -2.36. The molecule has 0 aliphatic carbocycles. The molecule has 1 fully saturated rings. The van der Waals surface area contributed by atoms with E-state index in [0.29, 0.717) is 18.7 Å². The zero-order chi connectivity index (χ0) is 15.7. The third-order valence-electron chi connectivity index (χ3n) is 4.23. The van der Waals surface area contributed by atoms with E-state index in [1.165, 1.54) is 10.4 Å². The maximum Gasteiger partial charge on any atom is 0.255 e. The van der Waals surface area contributed by atoms with Gasteiger partial charge in [-0.1, -0.05) is 0 Å². The average molecular weight is 316 g/mol. The van der Waals surface area contributed by atoms with Gasteiger partial charge in [0, 0.05) is 36.3 Å². The van der Waals surface area contributed by atoms with Crippen LogP contribution in [0.25, 0.3) is 0 Å². The molecule has 1 N–H and O–H groups in total. The summed E-state index contributed by atoms with van der Waals surface area (Å²) in [7, 11) is 0. The van der Waals surface area contributed by atoms with Gasteiger partial charge in [0.25, 0.3) is 5.91 Å². The molecule has 0 aromatic carbocycles. The number of aromatic nitrogens is 1. The fourth-order valence-corrected chi connectivity index (χ4v) is 4.16. The summed E-state index contributed by atoms with van der Waals surface area (Å²) in [6.45, 7) is 5.06. The number of rotatable bonds is 2. The topological polar surface area (TPSA) is 53.4 Å². The van der Waals surface area contributed by atoms with Crippen molar-refractivity contribution in [3.8, 4) is 0 Å². The summed E-state index contributed by atoms with van der Waals surface area (Å²) in [5.74, 6) is 0.0938. The molecule has 3 rings (SSSR count). The van der Waals surface area contributed by atoms with Crippen molar-refractivity contribution >= 4 is 17.2 Å². The third-order valence-corrected chi connectivity index (χ3v) is 5.38. The SMILES string of the molecule is Cc1cncc(C(=O)N2CC[C@@H](c3sccc3C)[C@H](O)C2)c1. The van der Waals surface area contributed by atoms with E-state index in [1.54, 1.807) is 28.6 Å². The minimum Gasteiger partial charge on any atom is -0.391 e. The number of nitrogens with zero attached hydrogens (tertiary/aromatic N) is 2. The summed E-state index contributed by atoms with van der Waals surface area (Å²) < 4.78 is 0. The number of likely N-dealkylation sites (tertiary alicyclic amines) is 1. The number of pyridine rings is 1. The number of hydrogen-bond acceptors (Lipinski definition) is 4. The molecule has 5 heteroatoms. The van der Waals surface area contributed by atoms with E-state index in [9.17, 15) is 9.90 Å². The molecule has 0 saturated carbocycles. The molecule has 1 saturated heterocycles. The van der Waals surface area contributed by atoms with Gasteiger partial charge >= 0.3 is 0 Å². The van der Waals surface area contributed by atoms with Crippen molar-refractivity contribution in [2.45, 2.75) is 32.3 Å². The van der Waals surface area contributed by atoms with Crippen LogP contribution in [0.4, 0.5) is 0 Å². The van der Waals surface area contributed by atoms with Crippen LogP contribution in [0.1, 0.15) is 38.7 Å². The van der Waals surface area contributed by atoms with Gasteiger partial charge in [-0.15, -0.1) is 11.3 Å². The third kappa shape index (κ3) is 2.91. The van der Waals surface area contributed by atoms with E-state index in [2.05, 4.69) is 23.4 Å². The molecule has 0 radical (unpaired) electrons. The van der Waals surface area contributed by atoms with Gasteiger partial charge in [-0.25, -0.2) is 0 Å². The van der Waals surface area contributed by atoms with E-state index in [0.717, 1.165) is 12.0 Å². The van der Waals surface area contributed by atoms with E-state index in [-0.39, 0.29) is 11.8 Å². The number of aryl methyl sites for hydroxylation is 2. The zero-order valence-corrected chi connectivity index (χ0v) is 13.6. The first-order valence-electron chi connectivity index (χ1n) is 7.49. The van der Waals surface area contributed by atoms with Crippen molar-refractivity contribution in [2.75, 3.05) is 13.1 Å². The molecule has 2 aromatic heterocycles. The number of aliphatic hydroxyl groups excluding tert-OH is 1. The van der Waals surface area contributed by atoms with Crippen LogP contribution in [-0.2, 0) is 0 Å². The first-order valence-corrected chi connectivity index (χ1v) is 8.37. The maximum atomic E-state index is 12.5. The monoisotopic (exact) mass is 316 g/mol. The first-order chi connectivity index (χ1) is 10.6. The van der Waals surface area contributed by atoms with Crippen molar-refractivity contribution in [1.29, 1.82) is 0 Å². The Balaban J connectivity index is 1.72.